The van der Waals surface area contributed by atoms with Crippen molar-refractivity contribution < 1.29 is 4.42 Å². The van der Waals surface area contributed by atoms with Crippen LogP contribution in [0.15, 0.2) is 16.7 Å². The highest BCUT2D eigenvalue weighted by molar-refractivity contribution is 5.16. The van der Waals surface area contributed by atoms with Gasteiger partial charge in [-0.15, -0.1) is 0 Å². The van der Waals surface area contributed by atoms with Crippen molar-refractivity contribution in [3.63, 3.8) is 0 Å². The summed E-state index contributed by atoms with van der Waals surface area (Å²) in [5, 5.41) is 3.15. The fraction of sp³-hybridized carbons (Fsp3) is 0.714. The Labute approximate surface area is 104 Å². The van der Waals surface area contributed by atoms with E-state index < -0.39 is 0 Å². The lowest BCUT2D eigenvalue weighted by Crippen LogP contribution is -2.32. The summed E-state index contributed by atoms with van der Waals surface area (Å²) in [7, 11) is 1.96. The summed E-state index contributed by atoms with van der Waals surface area (Å²) >= 11 is 0. The Bertz CT molecular complexity index is 331. The van der Waals surface area contributed by atoms with Gasteiger partial charge in [-0.05, 0) is 38.4 Å². The molecule has 1 N–H and O–H groups in total. The Balaban J connectivity index is 1.89. The van der Waals surface area contributed by atoms with Crippen LogP contribution in [-0.4, -0.2) is 25.0 Å². The molecule has 1 aliphatic carbocycles. The summed E-state index contributed by atoms with van der Waals surface area (Å²) in [6, 6.07) is 2.11. The molecule has 96 valence electrons. The van der Waals surface area contributed by atoms with Crippen molar-refractivity contribution in [2.24, 2.45) is 5.92 Å². The molecule has 1 heterocycles. The molecule has 0 aromatic carbocycles. The average molecular weight is 236 g/mol. The monoisotopic (exact) mass is 236 g/mol. The van der Waals surface area contributed by atoms with E-state index in [1.807, 2.05) is 7.05 Å². The third-order valence-electron chi connectivity index (χ3n) is 3.76. The summed E-state index contributed by atoms with van der Waals surface area (Å²) in [5.41, 5.74) is 1.33. The minimum Gasteiger partial charge on any atom is -0.468 e. The SMILES string of the molecule is CCN(Cc1ccoc1CNC)CC1CCC1. The minimum absolute atomic E-state index is 0.823. The molecular formula is C14H24N2O. The molecule has 0 atom stereocenters. The zero-order valence-electron chi connectivity index (χ0n) is 11.0. The molecule has 1 aromatic rings. The summed E-state index contributed by atoms with van der Waals surface area (Å²) in [6.07, 6.45) is 6.08. The second kappa shape index (κ2) is 6.22. The van der Waals surface area contributed by atoms with Gasteiger partial charge in [-0.25, -0.2) is 0 Å². The molecule has 0 amide bonds. The van der Waals surface area contributed by atoms with Crippen LogP contribution >= 0.6 is 0 Å². The smallest absolute Gasteiger partial charge is 0.122 e. The molecule has 17 heavy (non-hydrogen) atoms. The second-order valence-corrected chi connectivity index (χ2v) is 5.02. The molecule has 0 spiro atoms. The summed E-state index contributed by atoms with van der Waals surface area (Å²) in [5.74, 6) is 2.02. The van der Waals surface area contributed by atoms with Crippen molar-refractivity contribution in [1.29, 1.82) is 0 Å². The fourth-order valence-corrected chi connectivity index (χ4v) is 2.41. The van der Waals surface area contributed by atoms with Gasteiger partial charge < -0.3 is 9.73 Å². The Morgan fingerprint density at radius 2 is 2.29 bits per heavy atom. The van der Waals surface area contributed by atoms with Crippen molar-refractivity contribution in [2.75, 3.05) is 20.1 Å². The second-order valence-electron chi connectivity index (χ2n) is 5.02. The summed E-state index contributed by atoms with van der Waals surface area (Å²) in [4.78, 5) is 2.54. The molecule has 1 aliphatic rings. The van der Waals surface area contributed by atoms with E-state index in [2.05, 4.69) is 23.2 Å². The van der Waals surface area contributed by atoms with E-state index >= 15 is 0 Å². The zero-order valence-corrected chi connectivity index (χ0v) is 11.0. The van der Waals surface area contributed by atoms with Gasteiger partial charge in [0.15, 0.2) is 0 Å². The van der Waals surface area contributed by atoms with Crippen molar-refractivity contribution in [2.45, 2.75) is 39.3 Å². The van der Waals surface area contributed by atoms with Crippen LogP contribution in [-0.2, 0) is 13.1 Å². The van der Waals surface area contributed by atoms with E-state index in [0.29, 0.717) is 0 Å². The minimum atomic E-state index is 0.823. The van der Waals surface area contributed by atoms with Gasteiger partial charge in [0.1, 0.15) is 5.76 Å². The standard InChI is InChI=1S/C14H24N2O/c1-3-16(10-12-5-4-6-12)11-13-7-8-17-14(13)9-15-2/h7-8,12,15H,3-6,9-11H2,1-2H3. The Hall–Kier alpha value is -0.800. The molecule has 0 aliphatic heterocycles. The van der Waals surface area contributed by atoms with Crippen LogP contribution in [0.25, 0.3) is 0 Å². The van der Waals surface area contributed by atoms with Gasteiger partial charge in [0.25, 0.3) is 0 Å². The third-order valence-corrected chi connectivity index (χ3v) is 3.76. The largest absolute Gasteiger partial charge is 0.468 e. The molecule has 3 nitrogen and oxygen atoms in total. The van der Waals surface area contributed by atoms with E-state index in [9.17, 15) is 0 Å². The first-order valence-electron chi connectivity index (χ1n) is 6.75. The lowest BCUT2D eigenvalue weighted by molar-refractivity contribution is 0.177. The molecule has 3 heteroatoms. The predicted molar refractivity (Wildman–Crippen MR) is 69.8 cm³/mol. The van der Waals surface area contributed by atoms with Gasteiger partial charge >= 0.3 is 0 Å². The first-order valence-corrected chi connectivity index (χ1v) is 6.75. The van der Waals surface area contributed by atoms with Crippen LogP contribution in [0.5, 0.6) is 0 Å². The Morgan fingerprint density at radius 1 is 1.47 bits per heavy atom. The molecular weight excluding hydrogens is 212 g/mol. The lowest BCUT2D eigenvalue weighted by Gasteiger charge is -2.31. The third kappa shape index (κ3) is 3.33. The summed E-state index contributed by atoms with van der Waals surface area (Å²) in [6.45, 7) is 6.47. The highest BCUT2D eigenvalue weighted by Gasteiger charge is 2.20. The van der Waals surface area contributed by atoms with E-state index in [4.69, 9.17) is 4.42 Å². The predicted octanol–water partition coefficient (Wildman–Crippen LogP) is 2.62. The molecule has 0 saturated heterocycles. The van der Waals surface area contributed by atoms with Crippen LogP contribution < -0.4 is 5.32 Å². The fourth-order valence-electron chi connectivity index (χ4n) is 2.41. The van der Waals surface area contributed by atoms with E-state index in [1.165, 1.54) is 31.4 Å². The number of hydrogen-bond acceptors (Lipinski definition) is 3. The van der Waals surface area contributed by atoms with Crippen LogP contribution in [0, 0.1) is 5.92 Å². The van der Waals surface area contributed by atoms with Crippen LogP contribution in [0.1, 0.15) is 37.5 Å². The first-order chi connectivity index (χ1) is 8.33. The van der Waals surface area contributed by atoms with Crippen LogP contribution in [0.4, 0.5) is 0 Å². The molecule has 0 unspecified atom stereocenters. The lowest BCUT2D eigenvalue weighted by atomic mass is 9.85. The van der Waals surface area contributed by atoms with Crippen molar-refractivity contribution >= 4 is 0 Å². The molecule has 1 fully saturated rings. The van der Waals surface area contributed by atoms with Crippen LogP contribution in [0.3, 0.4) is 0 Å². The Kier molecular flexibility index (Phi) is 4.63. The average Bonchev–Trinajstić information content (AvgIpc) is 2.70. The maximum absolute atomic E-state index is 5.51. The zero-order chi connectivity index (χ0) is 12.1. The van der Waals surface area contributed by atoms with Gasteiger partial charge in [0, 0.05) is 18.7 Å². The van der Waals surface area contributed by atoms with E-state index in [0.717, 1.165) is 31.3 Å². The first kappa shape index (κ1) is 12.7. The molecule has 1 saturated carbocycles. The number of nitrogens with one attached hydrogen (secondary N) is 1. The maximum Gasteiger partial charge on any atom is 0.122 e. The molecule has 1 aromatic heterocycles. The normalized spacial score (nSPS) is 16.4. The quantitative estimate of drug-likeness (QED) is 0.789. The maximum atomic E-state index is 5.51. The van der Waals surface area contributed by atoms with E-state index in [-0.39, 0.29) is 0 Å². The number of nitrogens with zero attached hydrogens (tertiary/aromatic N) is 1. The number of hydrogen-bond donors (Lipinski definition) is 1. The van der Waals surface area contributed by atoms with Gasteiger partial charge in [-0.2, -0.15) is 0 Å². The van der Waals surface area contributed by atoms with Gasteiger partial charge in [-0.1, -0.05) is 13.3 Å². The van der Waals surface area contributed by atoms with Gasteiger partial charge in [-0.3, -0.25) is 4.90 Å². The number of furan rings is 1. The molecule has 0 radical (unpaired) electrons. The highest BCUT2D eigenvalue weighted by atomic mass is 16.3. The number of rotatable bonds is 7. The topological polar surface area (TPSA) is 28.4 Å². The van der Waals surface area contributed by atoms with Crippen molar-refractivity contribution in [3.05, 3.63) is 23.7 Å². The molecule has 2 rings (SSSR count). The Morgan fingerprint density at radius 3 is 2.88 bits per heavy atom. The van der Waals surface area contributed by atoms with Crippen molar-refractivity contribution in [3.8, 4) is 0 Å². The summed E-state index contributed by atoms with van der Waals surface area (Å²) < 4.78 is 5.51. The van der Waals surface area contributed by atoms with E-state index in [1.54, 1.807) is 6.26 Å². The van der Waals surface area contributed by atoms with Gasteiger partial charge in [0.05, 0.1) is 12.8 Å². The molecule has 0 bridgehead atoms. The van der Waals surface area contributed by atoms with Crippen LogP contribution in [0.2, 0.25) is 0 Å². The highest BCUT2D eigenvalue weighted by Crippen LogP contribution is 2.27. The van der Waals surface area contributed by atoms with Crippen molar-refractivity contribution in [1.82, 2.24) is 10.2 Å². The van der Waals surface area contributed by atoms with Gasteiger partial charge in [0.2, 0.25) is 0 Å².